The summed E-state index contributed by atoms with van der Waals surface area (Å²) in [5.74, 6) is -3.07. The monoisotopic (exact) mass is 292 g/mol. The zero-order valence-electron chi connectivity index (χ0n) is 11.5. The maximum atomic E-state index is 11.8. The lowest BCUT2D eigenvalue weighted by Gasteiger charge is -2.35. The predicted octanol–water partition coefficient (Wildman–Crippen LogP) is -1.18. The first-order chi connectivity index (χ1) is 9.54. The van der Waals surface area contributed by atoms with Crippen LogP contribution in [0.4, 0.5) is 0 Å². The van der Waals surface area contributed by atoms with E-state index in [-0.39, 0.29) is 19.8 Å². The van der Waals surface area contributed by atoms with Crippen LogP contribution < -0.4 is 0 Å². The first-order valence-electron chi connectivity index (χ1n) is 6.44. The summed E-state index contributed by atoms with van der Waals surface area (Å²) in [7, 11) is 0. The Morgan fingerprint density at radius 1 is 1.25 bits per heavy atom. The van der Waals surface area contributed by atoms with Crippen LogP contribution in [0.5, 0.6) is 0 Å². The van der Waals surface area contributed by atoms with Crippen LogP contribution in [0.2, 0.25) is 0 Å². The molecule has 2 N–H and O–H groups in total. The van der Waals surface area contributed by atoms with Gasteiger partial charge in [-0.05, 0) is 13.8 Å². The van der Waals surface area contributed by atoms with Crippen LogP contribution in [-0.2, 0) is 28.5 Å². The molecule has 3 atom stereocenters. The van der Waals surface area contributed by atoms with Gasteiger partial charge >= 0.3 is 11.9 Å². The molecule has 8 nitrogen and oxygen atoms in total. The third-order valence-electron chi connectivity index (χ3n) is 2.70. The molecule has 116 valence electrons. The largest absolute Gasteiger partial charge is 0.465 e. The van der Waals surface area contributed by atoms with E-state index in [4.69, 9.17) is 24.1 Å². The molecule has 1 unspecified atom stereocenters. The summed E-state index contributed by atoms with van der Waals surface area (Å²) in [5, 5.41) is 18.6. The van der Waals surface area contributed by atoms with Crippen molar-refractivity contribution in [3.8, 4) is 0 Å². The number of rotatable bonds is 6. The normalized spacial score (nSPS) is 26.4. The summed E-state index contributed by atoms with van der Waals surface area (Å²) in [5.41, 5.74) is 0. The van der Waals surface area contributed by atoms with Crippen molar-refractivity contribution < 1.29 is 38.7 Å². The molecule has 0 aromatic heterocycles. The van der Waals surface area contributed by atoms with Gasteiger partial charge in [0.25, 0.3) is 0 Å². The molecule has 0 aromatic carbocycles. The SMILES string of the molecule is CCOC(=O)C(C(=O)OCC)C1OC[C@H](O)[C@@H](CO)O1. The van der Waals surface area contributed by atoms with Crippen LogP contribution in [0.15, 0.2) is 0 Å². The fraction of sp³-hybridized carbons (Fsp3) is 0.833. The van der Waals surface area contributed by atoms with Crippen LogP contribution in [0.1, 0.15) is 13.8 Å². The van der Waals surface area contributed by atoms with Gasteiger partial charge in [0.05, 0.1) is 26.4 Å². The highest BCUT2D eigenvalue weighted by Gasteiger charge is 2.44. The van der Waals surface area contributed by atoms with E-state index in [2.05, 4.69) is 0 Å². The van der Waals surface area contributed by atoms with Crippen molar-refractivity contribution in [2.75, 3.05) is 26.4 Å². The summed E-state index contributed by atoms with van der Waals surface area (Å²) >= 11 is 0. The van der Waals surface area contributed by atoms with Gasteiger partial charge in [0, 0.05) is 0 Å². The first-order valence-corrected chi connectivity index (χ1v) is 6.44. The van der Waals surface area contributed by atoms with Crippen molar-refractivity contribution in [1.82, 2.24) is 0 Å². The van der Waals surface area contributed by atoms with Crippen molar-refractivity contribution in [3.63, 3.8) is 0 Å². The van der Waals surface area contributed by atoms with Crippen molar-refractivity contribution in [1.29, 1.82) is 0 Å². The van der Waals surface area contributed by atoms with E-state index in [0.29, 0.717) is 0 Å². The number of aliphatic hydroxyl groups excluding tert-OH is 2. The van der Waals surface area contributed by atoms with Crippen LogP contribution in [-0.4, -0.2) is 67.1 Å². The molecule has 0 aromatic rings. The Labute approximate surface area is 116 Å². The second-order valence-electron chi connectivity index (χ2n) is 4.11. The highest BCUT2D eigenvalue weighted by atomic mass is 16.7. The minimum absolute atomic E-state index is 0.0908. The van der Waals surface area contributed by atoms with Crippen LogP contribution in [0.3, 0.4) is 0 Å². The molecule has 1 fully saturated rings. The molecular formula is C12H20O8. The second-order valence-corrected chi connectivity index (χ2v) is 4.11. The second kappa shape index (κ2) is 8.15. The van der Waals surface area contributed by atoms with Crippen molar-refractivity contribution in [2.24, 2.45) is 5.92 Å². The third-order valence-corrected chi connectivity index (χ3v) is 2.70. The van der Waals surface area contributed by atoms with E-state index in [1.54, 1.807) is 13.8 Å². The van der Waals surface area contributed by atoms with Gasteiger partial charge in [0.1, 0.15) is 12.2 Å². The number of hydrogen-bond donors (Lipinski definition) is 2. The molecule has 1 aliphatic rings. The van der Waals surface area contributed by atoms with Crippen molar-refractivity contribution >= 4 is 11.9 Å². The first kappa shape index (κ1) is 16.8. The van der Waals surface area contributed by atoms with Gasteiger partial charge in [0.15, 0.2) is 6.29 Å². The van der Waals surface area contributed by atoms with Crippen LogP contribution in [0.25, 0.3) is 0 Å². The van der Waals surface area contributed by atoms with Gasteiger partial charge in [-0.15, -0.1) is 0 Å². The van der Waals surface area contributed by atoms with E-state index in [0.717, 1.165) is 0 Å². The number of aliphatic hydroxyl groups is 2. The summed E-state index contributed by atoms with van der Waals surface area (Å²) in [6, 6.07) is 0. The molecule has 1 saturated heterocycles. The molecule has 1 rings (SSSR count). The average Bonchev–Trinajstić information content (AvgIpc) is 2.41. The fourth-order valence-corrected chi connectivity index (χ4v) is 1.73. The number of ether oxygens (including phenoxy) is 4. The standard InChI is InChI=1S/C12H20O8/c1-3-17-10(15)9(11(16)18-4-2)12-19-6-7(14)8(5-13)20-12/h7-9,12-14H,3-6H2,1-2H3/t7-,8+,12?/m0/s1. The zero-order valence-corrected chi connectivity index (χ0v) is 11.5. The summed E-state index contributed by atoms with van der Waals surface area (Å²) < 4.78 is 19.9. The van der Waals surface area contributed by atoms with E-state index >= 15 is 0 Å². The Hall–Kier alpha value is -1.22. The molecule has 8 heteroatoms. The molecule has 0 radical (unpaired) electrons. The van der Waals surface area contributed by atoms with Crippen LogP contribution in [0, 0.1) is 5.92 Å². The Bertz CT molecular complexity index is 313. The van der Waals surface area contributed by atoms with E-state index < -0.39 is 43.0 Å². The lowest BCUT2D eigenvalue weighted by Crippen LogP contribution is -2.51. The maximum Gasteiger partial charge on any atom is 0.325 e. The zero-order chi connectivity index (χ0) is 15.1. The molecule has 1 aliphatic heterocycles. The third kappa shape index (κ3) is 4.14. The van der Waals surface area contributed by atoms with Gasteiger partial charge < -0.3 is 29.2 Å². The lowest BCUT2D eigenvalue weighted by atomic mass is 10.1. The van der Waals surface area contributed by atoms with Crippen molar-refractivity contribution in [3.05, 3.63) is 0 Å². The molecule has 0 saturated carbocycles. The Balaban J connectivity index is 2.81. The van der Waals surface area contributed by atoms with Gasteiger partial charge in [-0.3, -0.25) is 9.59 Å². The average molecular weight is 292 g/mol. The summed E-state index contributed by atoms with van der Waals surface area (Å²) in [6.45, 7) is 2.76. The molecule has 1 heterocycles. The van der Waals surface area contributed by atoms with Gasteiger partial charge in [-0.25, -0.2) is 0 Å². The quantitative estimate of drug-likeness (QED) is 0.465. The van der Waals surface area contributed by atoms with Crippen molar-refractivity contribution in [2.45, 2.75) is 32.3 Å². The summed E-state index contributed by atoms with van der Waals surface area (Å²) in [4.78, 5) is 23.7. The lowest BCUT2D eigenvalue weighted by molar-refractivity contribution is -0.275. The molecule has 0 spiro atoms. The highest BCUT2D eigenvalue weighted by molar-refractivity contribution is 5.95. The number of esters is 2. The minimum Gasteiger partial charge on any atom is -0.465 e. The molecule has 20 heavy (non-hydrogen) atoms. The Morgan fingerprint density at radius 3 is 2.25 bits per heavy atom. The van der Waals surface area contributed by atoms with E-state index in [1.165, 1.54) is 0 Å². The maximum absolute atomic E-state index is 11.8. The number of hydrogen-bond acceptors (Lipinski definition) is 8. The summed E-state index contributed by atoms with van der Waals surface area (Å²) in [6.07, 6.45) is -3.21. The smallest absolute Gasteiger partial charge is 0.325 e. The van der Waals surface area contributed by atoms with E-state index in [9.17, 15) is 14.7 Å². The molecular weight excluding hydrogens is 272 g/mol. The fourth-order valence-electron chi connectivity index (χ4n) is 1.73. The van der Waals surface area contributed by atoms with Gasteiger partial charge in [0.2, 0.25) is 5.92 Å². The minimum atomic E-state index is -1.41. The van der Waals surface area contributed by atoms with Gasteiger partial charge in [-0.2, -0.15) is 0 Å². The molecule has 0 amide bonds. The number of carbonyl (C=O) groups excluding carboxylic acids is 2. The topological polar surface area (TPSA) is 112 Å². The number of carbonyl (C=O) groups is 2. The van der Waals surface area contributed by atoms with Gasteiger partial charge in [-0.1, -0.05) is 0 Å². The predicted molar refractivity (Wildman–Crippen MR) is 64.5 cm³/mol. The highest BCUT2D eigenvalue weighted by Crippen LogP contribution is 2.22. The molecule has 0 aliphatic carbocycles. The Kier molecular flexibility index (Phi) is 6.86. The Morgan fingerprint density at radius 2 is 1.80 bits per heavy atom. The van der Waals surface area contributed by atoms with Crippen LogP contribution >= 0.6 is 0 Å². The van der Waals surface area contributed by atoms with E-state index in [1.807, 2.05) is 0 Å². The molecule has 0 bridgehead atoms.